The van der Waals surface area contributed by atoms with Crippen molar-refractivity contribution in [3.8, 4) is 17.0 Å². The van der Waals surface area contributed by atoms with Crippen molar-refractivity contribution in [2.24, 2.45) is 20.0 Å². The first-order valence-corrected chi connectivity index (χ1v) is 12.8. The normalized spacial score (nSPS) is 14.1. The van der Waals surface area contributed by atoms with E-state index in [4.69, 9.17) is 4.74 Å². The van der Waals surface area contributed by atoms with E-state index in [0.717, 1.165) is 29.4 Å². The Bertz CT molecular complexity index is 1480. The molecule has 0 bridgehead atoms. The molecule has 11 heteroatoms. The molecular weight excluding hydrogens is 543 g/mol. The van der Waals surface area contributed by atoms with Crippen LogP contribution in [0.25, 0.3) is 11.3 Å². The number of ether oxygens (including phenoxy) is 1. The van der Waals surface area contributed by atoms with Crippen LogP contribution >= 0.6 is 15.9 Å². The van der Waals surface area contributed by atoms with Gasteiger partial charge in [-0.05, 0) is 62.4 Å². The highest BCUT2D eigenvalue weighted by Crippen LogP contribution is 2.37. The molecule has 37 heavy (non-hydrogen) atoms. The number of rotatable bonds is 9. The Morgan fingerprint density at radius 1 is 1.16 bits per heavy atom. The summed E-state index contributed by atoms with van der Waals surface area (Å²) in [5.74, 6) is 0.374. The summed E-state index contributed by atoms with van der Waals surface area (Å²) in [6, 6.07) is 11.0. The lowest BCUT2D eigenvalue weighted by molar-refractivity contribution is -0.386. The SMILES string of the molecule is C[C@@H](Oc1cc(Br)ccc1[N+](=O)[O-])c1cc(F)ccc1-c1nn(C)nc1Cc1cc(CC2CC2)nn1C. The maximum atomic E-state index is 14.4. The van der Waals surface area contributed by atoms with Crippen molar-refractivity contribution in [1.82, 2.24) is 24.8 Å². The van der Waals surface area contributed by atoms with Gasteiger partial charge in [0.25, 0.3) is 0 Å². The maximum Gasteiger partial charge on any atom is 0.311 e. The van der Waals surface area contributed by atoms with Gasteiger partial charge in [-0.25, -0.2) is 4.39 Å². The van der Waals surface area contributed by atoms with Crippen LogP contribution in [-0.4, -0.2) is 29.7 Å². The van der Waals surface area contributed by atoms with Gasteiger partial charge in [0.15, 0.2) is 5.75 Å². The van der Waals surface area contributed by atoms with Crippen molar-refractivity contribution in [2.45, 2.75) is 38.7 Å². The number of nitro groups is 1. The molecule has 2 heterocycles. The van der Waals surface area contributed by atoms with E-state index in [1.165, 1.54) is 41.9 Å². The van der Waals surface area contributed by atoms with Crippen molar-refractivity contribution < 1.29 is 14.1 Å². The van der Waals surface area contributed by atoms with Gasteiger partial charge in [-0.2, -0.15) is 20.1 Å². The third kappa shape index (κ3) is 5.56. The zero-order valence-corrected chi connectivity index (χ0v) is 22.3. The van der Waals surface area contributed by atoms with Crippen molar-refractivity contribution in [3.63, 3.8) is 0 Å². The molecule has 0 N–H and O–H groups in total. The van der Waals surface area contributed by atoms with E-state index < -0.39 is 16.8 Å². The van der Waals surface area contributed by atoms with Crippen LogP contribution in [0.3, 0.4) is 0 Å². The van der Waals surface area contributed by atoms with Crippen LogP contribution in [0.2, 0.25) is 0 Å². The lowest BCUT2D eigenvalue weighted by Crippen LogP contribution is -2.08. The molecule has 0 spiro atoms. The van der Waals surface area contributed by atoms with E-state index in [9.17, 15) is 14.5 Å². The summed E-state index contributed by atoms with van der Waals surface area (Å²) >= 11 is 3.33. The summed E-state index contributed by atoms with van der Waals surface area (Å²) in [4.78, 5) is 12.5. The number of aryl methyl sites for hydroxylation is 2. The first-order chi connectivity index (χ1) is 17.7. The molecule has 0 unspecified atom stereocenters. The third-order valence-corrected chi connectivity index (χ3v) is 6.98. The van der Waals surface area contributed by atoms with Gasteiger partial charge in [0, 0.05) is 53.9 Å². The van der Waals surface area contributed by atoms with Crippen molar-refractivity contribution >= 4 is 21.6 Å². The predicted octanol–water partition coefficient (Wildman–Crippen LogP) is 5.71. The lowest BCUT2D eigenvalue weighted by Gasteiger charge is -2.18. The Balaban J connectivity index is 1.49. The summed E-state index contributed by atoms with van der Waals surface area (Å²) in [5, 5.41) is 25.4. The molecule has 1 atom stereocenters. The highest BCUT2D eigenvalue weighted by Gasteiger charge is 2.25. The van der Waals surface area contributed by atoms with Gasteiger partial charge in [0.2, 0.25) is 0 Å². The van der Waals surface area contributed by atoms with Crippen molar-refractivity contribution in [1.29, 1.82) is 0 Å². The van der Waals surface area contributed by atoms with Crippen LogP contribution in [0, 0.1) is 21.8 Å². The Kier molecular flexibility index (Phi) is 6.80. The Labute approximate surface area is 221 Å². The quantitative estimate of drug-likeness (QED) is 0.189. The fraction of sp³-hybridized carbons (Fsp3) is 0.346. The number of benzene rings is 2. The van der Waals surface area contributed by atoms with E-state index in [1.54, 1.807) is 26.1 Å². The van der Waals surface area contributed by atoms with Gasteiger partial charge in [-0.15, -0.1) is 0 Å². The van der Waals surface area contributed by atoms with Crippen molar-refractivity contribution in [3.05, 3.63) is 85.5 Å². The van der Waals surface area contributed by atoms with E-state index >= 15 is 0 Å². The van der Waals surface area contributed by atoms with E-state index in [-0.39, 0.29) is 11.4 Å². The summed E-state index contributed by atoms with van der Waals surface area (Å²) in [6.07, 6.45) is 3.30. The molecule has 2 aromatic carbocycles. The lowest BCUT2D eigenvalue weighted by atomic mass is 9.98. The number of nitrogens with zero attached hydrogens (tertiary/aromatic N) is 6. The van der Waals surface area contributed by atoms with Gasteiger partial charge in [0.05, 0.1) is 16.3 Å². The standard InChI is InChI=1S/C26H26BrFN6O3/c1-15(37-25-11-17(27)6-9-24(25)34(35)36)22-12-18(28)7-8-21(22)26-23(30-33(3)31-26)14-20-13-19(29-32(20)2)10-16-4-5-16/h6-9,11-13,15-16H,4-5,10,14H2,1-3H3/t15-/m1/s1. The zero-order valence-electron chi connectivity index (χ0n) is 20.7. The minimum Gasteiger partial charge on any atom is -0.479 e. The molecule has 0 radical (unpaired) electrons. The second-order valence-corrected chi connectivity index (χ2v) is 10.3. The Morgan fingerprint density at radius 3 is 2.68 bits per heavy atom. The van der Waals surface area contributed by atoms with Crippen LogP contribution in [0.15, 0.2) is 46.9 Å². The monoisotopic (exact) mass is 568 g/mol. The summed E-state index contributed by atoms with van der Waals surface area (Å²) in [5.41, 5.74) is 4.39. The number of halogens is 2. The Morgan fingerprint density at radius 2 is 1.95 bits per heavy atom. The molecule has 0 amide bonds. The molecule has 0 aliphatic heterocycles. The molecule has 0 saturated heterocycles. The highest BCUT2D eigenvalue weighted by atomic mass is 79.9. The number of nitro benzene ring substituents is 1. The minimum atomic E-state index is -0.713. The second-order valence-electron chi connectivity index (χ2n) is 9.42. The predicted molar refractivity (Wildman–Crippen MR) is 139 cm³/mol. The zero-order chi connectivity index (χ0) is 26.3. The van der Waals surface area contributed by atoms with Crippen LogP contribution in [-0.2, 0) is 26.9 Å². The number of hydrogen-bond donors (Lipinski definition) is 0. The van der Waals surface area contributed by atoms with Gasteiger partial charge in [0.1, 0.15) is 17.6 Å². The number of hydrogen-bond acceptors (Lipinski definition) is 6. The summed E-state index contributed by atoms with van der Waals surface area (Å²) in [6.45, 7) is 1.73. The third-order valence-electron chi connectivity index (χ3n) is 6.48. The van der Waals surface area contributed by atoms with E-state index in [1.807, 2.05) is 11.7 Å². The first kappa shape index (κ1) is 25.1. The van der Waals surface area contributed by atoms with Gasteiger partial charge >= 0.3 is 5.69 Å². The molecule has 1 aliphatic carbocycles. The van der Waals surface area contributed by atoms with Gasteiger partial charge in [-0.1, -0.05) is 15.9 Å². The van der Waals surface area contributed by atoms with Crippen LogP contribution in [0.4, 0.5) is 10.1 Å². The van der Waals surface area contributed by atoms with Crippen LogP contribution < -0.4 is 4.74 Å². The van der Waals surface area contributed by atoms with E-state index in [0.29, 0.717) is 27.7 Å². The average Bonchev–Trinajstić information content (AvgIpc) is 3.48. The van der Waals surface area contributed by atoms with E-state index in [2.05, 4.69) is 37.3 Å². The van der Waals surface area contributed by atoms with Gasteiger partial charge < -0.3 is 4.74 Å². The minimum absolute atomic E-state index is 0.0829. The molecule has 2 aromatic heterocycles. The number of aromatic nitrogens is 5. The molecule has 192 valence electrons. The molecule has 1 aliphatic rings. The second kappa shape index (κ2) is 10.0. The molecular formula is C26H26BrFN6O3. The fourth-order valence-electron chi connectivity index (χ4n) is 4.47. The molecule has 1 saturated carbocycles. The largest absolute Gasteiger partial charge is 0.479 e. The van der Waals surface area contributed by atoms with Crippen molar-refractivity contribution in [2.75, 3.05) is 0 Å². The molecule has 9 nitrogen and oxygen atoms in total. The summed E-state index contributed by atoms with van der Waals surface area (Å²) < 4.78 is 22.9. The smallest absolute Gasteiger partial charge is 0.311 e. The highest BCUT2D eigenvalue weighted by molar-refractivity contribution is 9.10. The fourth-order valence-corrected chi connectivity index (χ4v) is 4.81. The Hall–Kier alpha value is -3.60. The maximum absolute atomic E-state index is 14.4. The molecule has 4 aromatic rings. The summed E-state index contributed by atoms with van der Waals surface area (Å²) in [7, 11) is 3.66. The molecule has 1 fully saturated rings. The van der Waals surface area contributed by atoms with Crippen LogP contribution in [0.5, 0.6) is 5.75 Å². The van der Waals surface area contributed by atoms with Gasteiger partial charge in [-0.3, -0.25) is 14.8 Å². The van der Waals surface area contributed by atoms with Crippen LogP contribution in [0.1, 0.15) is 48.5 Å². The topological polar surface area (TPSA) is 101 Å². The first-order valence-electron chi connectivity index (χ1n) is 12.0. The average molecular weight is 569 g/mol. The molecule has 5 rings (SSSR count).